The molecule has 0 spiro atoms. The van der Waals surface area contributed by atoms with Crippen LogP contribution in [0.3, 0.4) is 0 Å². The number of sulfonamides is 1. The van der Waals surface area contributed by atoms with Gasteiger partial charge >= 0.3 is 0 Å². The van der Waals surface area contributed by atoms with Crippen LogP contribution in [0.2, 0.25) is 0 Å². The molecule has 2 N–H and O–H groups in total. The molecule has 0 atom stereocenters. The minimum atomic E-state index is -3.68. The highest BCUT2D eigenvalue weighted by atomic mass is 32.2. The van der Waals surface area contributed by atoms with Gasteiger partial charge in [-0.1, -0.05) is 36.4 Å². The quantitative estimate of drug-likeness (QED) is 0.663. The first kappa shape index (κ1) is 19.6. The minimum absolute atomic E-state index is 0.209. The lowest BCUT2D eigenvalue weighted by Crippen LogP contribution is -2.22. The van der Waals surface area contributed by atoms with Gasteiger partial charge in [-0.3, -0.25) is 9.52 Å². The summed E-state index contributed by atoms with van der Waals surface area (Å²) in [5.74, 6) is -0.215. The van der Waals surface area contributed by atoms with Crippen LogP contribution >= 0.6 is 0 Å². The van der Waals surface area contributed by atoms with E-state index in [9.17, 15) is 13.2 Å². The summed E-state index contributed by atoms with van der Waals surface area (Å²) in [4.78, 5) is 12.5. The van der Waals surface area contributed by atoms with Crippen molar-refractivity contribution in [2.24, 2.45) is 0 Å². The fourth-order valence-corrected chi connectivity index (χ4v) is 3.81. The number of anilines is 1. The van der Waals surface area contributed by atoms with Crippen LogP contribution in [0, 0.1) is 13.8 Å². The standard InChI is InChI=1S/C22H22N2O3S/c1-16-8-13-21(14-17(16)2)28(26,27)24-20-11-9-19(10-12-20)22(25)23-15-18-6-4-3-5-7-18/h3-14,24H,15H2,1-2H3,(H,23,25). The van der Waals surface area contributed by atoms with Gasteiger partial charge in [0, 0.05) is 17.8 Å². The smallest absolute Gasteiger partial charge is 0.261 e. The first-order chi connectivity index (χ1) is 13.3. The molecule has 0 fully saturated rings. The summed E-state index contributed by atoms with van der Waals surface area (Å²) < 4.78 is 27.7. The molecule has 6 heteroatoms. The molecular formula is C22H22N2O3S. The van der Waals surface area contributed by atoms with E-state index in [2.05, 4.69) is 10.0 Å². The van der Waals surface area contributed by atoms with E-state index < -0.39 is 10.0 Å². The predicted octanol–water partition coefficient (Wildman–Crippen LogP) is 4.03. The second kappa shape index (κ2) is 8.27. The Labute approximate surface area is 165 Å². The maximum Gasteiger partial charge on any atom is 0.261 e. The van der Waals surface area contributed by atoms with Crippen molar-refractivity contribution in [2.75, 3.05) is 4.72 Å². The lowest BCUT2D eigenvalue weighted by molar-refractivity contribution is 0.0951. The molecule has 0 unspecified atom stereocenters. The van der Waals surface area contributed by atoms with Gasteiger partial charge in [-0.25, -0.2) is 8.42 Å². The molecule has 144 valence electrons. The van der Waals surface area contributed by atoms with Crippen molar-refractivity contribution in [1.29, 1.82) is 0 Å². The van der Waals surface area contributed by atoms with E-state index in [0.29, 0.717) is 17.8 Å². The first-order valence-corrected chi connectivity index (χ1v) is 10.4. The highest BCUT2D eigenvalue weighted by Gasteiger charge is 2.15. The van der Waals surface area contributed by atoms with Gasteiger partial charge in [0.1, 0.15) is 0 Å². The Morgan fingerprint density at radius 3 is 2.18 bits per heavy atom. The molecule has 0 aliphatic heterocycles. The van der Waals surface area contributed by atoms with E-state index in [-0.39, 0.29) is 10.8 Å². The number of hydrogen-bond acceptors (Lipinski definition) is 3. The van der Waals surface area contributed by atoms with E-state index in [0.717, 1.165) is 16.7 Å². The molecule has 0 saturated heterocycles. The van der Waals surface area contributed by atoms with Gasteiger partial charge in [-0.15, -0.1) is 0 Å². The Balaban J connectivity index is 1.66. The molecule has 0 aliphatic carbocycles. The molecule has 28 heavy (non-hydrogen) atoms. The Morgan fingerprint density at radius 2 is 1.54 bits per heavy atom. The number of benzene rings is 3. The van der Waals surface area contributed by atoms with E-state index in [1.807, 2.05) is 44.2 Å². The van der Waals surface area contributed by atoms with Crippen LogP contribution in [-0.2, 0) is 16.6 Å². The molecule has 0 saturated carbocycles. The molecule has 1 amide bonds. The van der Waals surface area contributed by atoms with Gasteiger partial charge < -0.3 is 5.32 Å². The fourth-order valence-electron chi connectivity index (χ4n) is 2.67. The third-order valence-corrected chi connectivity index (χ3v) is 5.86. The monoisotopic (exact) mass is 394 g/mol. The van der Waals surface area contributed by atoms with Crippen molar-refractivity contribution in [3.63, 3.8) is 0 Å². The molecule has 3 aromatic rings. The average Bonchev–Trinajstić information content (AvgIpc) is 2.69. The molecule has 0 heterocycles. The summed E-state index contributed by atoms with van der Waals surface area (Å²) in [6, 6.07) is 21.0. The second-order valence-corrected chi connectivity index (χ2v) is 8.28. The van der Waals surface area contributed by atoms with Crippen LogP contribution in [0.5, 0.6) is 0 Å². The molecule has 0 aromatic heterocycles. The maximum atomic E-state index is 12.6. The van der Waals surface area contributed by atoms with Crippen LogP contribution in [-0.4, -0.2) is 14.3 Å². The van der Waals surface area contributed by atoms with Gasteiger partial charge in [0.2, 0.25) is 0 Å². The SMILES string of the molecule is Cc1ccc(S(=O)(=O)Nc2ccc(C(=O)NCc3ccccc3)cc2)cc1C. The normalized spacial score (nSPS) is 11.1. The molecule has 3 rings (SSSR count). The molecule has 0 aliphatic rings. The van der Waals surface area contributed by atoms with Gasteiger partial charge in [0.25, 0.3) is 15.9 Å². The highest BCUT2D eigenvalue weighted by molar-refractivity contribution is 7.92. The zero-order valence-corrected chi connectivity index (χ0v) is 16.6. The van der Waals surface area contributed by atoms with Gasteiger partial charge in [-0.05, 0) is 66.9 Å². The minimum Gasteiger partial charge on any atom is -0.348 e. The van der Waals surface area contributed by atoms with Crippen molar-refractivity contribution in [3.05, 3.63) is 95.1 Å². The van der Waals surface area contributed by atoms with E-state index in [1.165, 1.54) is 0 Å². The van der Waals surface area contributed by atoms with Crippen molar-refractivity contribution in [1.82, 2.24) is 5.32 Å². The largest absolute Gasteiger partial charge is 0.348 e. The molecular weight excluding hydrogens is 372 g/mol. The Hall–Kier alpha value is -3.12. The van der Waals surface area contributed by atoms with Gasteiger partial charge in [0.15, 0.2) is 0 Å². The predicted molar refractivity (Wildman–Crippen MR) is 111 cm³/mol. The number of rotatable bonds is 6. The number of nitrogens with one attached hydrogen (secondary N) is 2. The second-order valence-electron chi connectivity index (χ2n) is 6.60. The highest BCUT2D eigenvalue weighted by Crippen LogP contribution is 2.19. The summed E-state index contributed by atoms with van der Waals surface area (Å²) in [5.41, 5.74) is 3.81. The number of aryl methyl sites for hydroxylation is 2. The number of hydrogen-bond donors (Lipinski definition) is 2. The number of amides is 1. The summed E-state index contributed by atoms with van der Waals surface area (Å²) in [6.07, 6.45) is 0. The van der Waals surface area contributed by atoms with Gasteiger partial charge in [-0.2, -0.15) is 0 Å². The third-order valence-electron chi connectivity index (χ3n) is 4.48. The molecule has 3 aromatic carbocycles. The molecule has 0 radical (unpaired) electrons. The average molecular weight is 394 g/mol. The summed E-state index contributed by atoms with van der Waals surface area (Å²) in [6.45, 7) is 4.23. The van der Waals surface area contributed by atoms with E-state index in [1.54, 1.807) is 42.5 Å². The fraction of sp³-hybridized carbons (Fsp3) is 0.136. The Kier molecular flexibility index (Phi) is 5.80. The maximum absolute atomic E-state index is 12.6. The van der Waals surface area contributed by atoms with Crippen LogP contribution in [0.15, 0.2) is 77.7 Å². The first-order valence-electron chi connectivity index (χ1n) is 8.87. The zero-order chi connectivity index (χ0) is 20.1. The van der Waals surface area contributed by atoms with Crippen LogP contribution in [0.25, 0.3) is 0 Å². The van der Waals surface area contributed by atoms with Crippen LogP contribution in [0.4, 0.5) is 5.69 Å². The number of carbonyl (C=O) groups excluding carboxylic acids is 1. The van der Waals surface area contributed by atoms with Crippen molar-refractivity contribution in [2.45, 2.75) is 25.3 Å². The van der Waals surface area contributed by atoms with Crippen molar-refractivity contribution < 1.29 is 13.2 Å². The van der Waals surface area contributed by atoms with Crippen molar-refractivity contribution in [3.8, 4) is 0 Å². The summed E-state index contributed by atoms with van der Waals surface area (Å²) >= 11 is 0. The lowest BCUT2D eigenvalue weighted by Gasteiger charge is -2.10. The number of carbonyl (C=O) groups is 1. The molecule has 0 bridgehead atoms. The summed E-state index contributed by atoms with van der Waals surface area (Å²) in [7, 11) is -3.68. The van der Waals surface area contributed by atoms with E-state index in [4.69, 9.17) is 0 Å². The van der Waals surface area contributed by atoms with Crippen molar-refractivity contribution >= 4 is 21.6 Å². The Morgan fingerprint density at radius 1 is 0.857 bits per heavy atom. The van der Waals surface area contributed by atoms with Crippen LogP contribution < -0.4 is 10.0 Å². The lowest BCUT2D eigenvalue weighted by atomic mass is 10.1. The zero-order valence-electron chi connectivity index (χ0n) is 15.8. The van der Waals surface area contributed by atoms with Crippen LogP contribution in [0.1, 0.15) is 27.0 Å². The topological polar surface area (TPSA) is 75.3 Å². The van der Waals surface area contributed by atoms with Gasteiger partial charge in [0.05, 0.1) is 4.90 Å². The summed E-state index contributed by atoms with van der Waals surface area (Å²) in [5, 5.41) is 2.84. The third kappa shape index (κ3) is 4.78. The molecule has 5 nitrogen and oxygen atoms in total. The Bertz CT molecular complexity index is 1080. The van der Waals surface area contributed by atoms with E-state index >= 15 is 0 Å².